The van der Waals surface area contributed by atoms with Crippen LogP contribution < -0.4 is 10.2 Å². The van der Waals surface area contributed by atoms with Gasteiger partial charge in [0.05, 0.1) is 18.8 Å². The minimum atomic E-state index is 0.197. The number of ether oxygens (including phenoxy) is 1. The van der Waals surface area contributed by atoms with Gasteiger partial charge in [0.25, 0.3) is 0 Å². The molecule has 6 heteroatoms. The first-order valence-corrected chi connectivity index (χ1v) is 6.12. The largest absolute Gasteiger partial charge is 0.407 e. The van der Waals surface area contributed by atoms with Gasteiger partial charge in [0.15, 0.2) is 0 Å². The number of hydrogen-bond acceptors (Lipinski definition) is 6. The Morgan fingerprint density at radius 1 is 1.29 bits per heavy atom. The molecule has 0 amide bonds. The summed E-state index contributed by atoms with van der Waals surface area (Å²) in [5.41, 5.74) is 0. The van der Waals surface area contributed by atoms with Crippen LogP contribution in [0.3, 0.4) is 0 Å². The monoisotopic (exact) mass is 240 g/mol. The van der Waals surface area contributed by atoms with E-state index in [1.165, 1.54) is 0 Å². The molecule has 1 saturated heterocycles. The molecule has 1 aromatic rings. The highest BCUT2D eigenvalue weighted by Crippen LogP contribution is 2.18. The first-order chi connectivity index (χ1) is 8.19. The summed E-state index contributed by atoms with van der Waals surface area (Å²) in [5, 5.41) is 11.3. The van der Waals surface area contributed by atoms with Gasteiger partial charge in [-0.25, -0.2) is 0 Å². The third kappa shape index (κ3) is 3.17. The molecule has 6 nitrogen and oxygen atoms in total. The molecule has 0 unspecified atom stereocenters. The highest BCUT2D eigenvalue weighted by Gasteiger charge is 2.25. The zero-order valence-electron chi connectivity index (χ0n) is 10.6. The van der Waals surface area contributed by atoms with Crippen LogP contribution in [0.4, 0.5) is 6.01 Å². The molecule has 0 bridgehead atoms. The predicted molar refractivity (Wildman–Crippen MR) is 63.9 cm³/mol. The lowest BCUT2D eigenvalue weighted by Gasteiger charge is -2.33. The molecule has 1 aliphatic heterocycles. The van der Waals surface area contributed by atoms with Crippen molar-refractivity contribution in [3.8, 4) is 0 Å². The molecule has 17 heavy (non-hydrogen) atoms. The second-order valence-electron chi connectivity index (χ2n) is 4.42. The molecule has 0 saturated carbocycles. The molecule has 2 atom stereocenters. The minimum Gasteiger partial charge on any atom is -0.407 e. The van der Waals surface area contributed by atoms with Gasteiger partial charge in [-0.3, -0.25) is 0 Å². The van der Waals surface area contributed by atoms with Crippen molar-refractivity contribution in [2.45, 2.75) is 39.5 Å². The lowest BCUT2D eigenvalue weighted by Crippen LogP contribution is -2.45. The SMILES string of the molecule is CCNCc1nnc(N2C[C@@H](C)O[C@@H](C)C2)o1. The Bertz CT molecular complexity index is 345. The number of aromatic nitrogens is 2. The quantitative estimate of drug-likeness (QED) is 0.839. The van der Waals surface area contributed by atoms with Gasteiger partial charge in [-0.2, -0.15) is 0 Å². The van der Waals surface area contributed by atoms with E-state index in [4.69, 9.17) is 9.15 Å². The number of nitrogens with one attached hydrogen (secondary N) is 1. The number of anilines is 1. The Kier molecular flexibility index (Phi) is 3.96. The molecule has 1 aliphatic rings. The smallest absolute Gasteiger partial charge is 0.318 e. The molecule has 96 valence electrons. The topological polar surface area (TPSA) is 63.4 Å². The van der Waals surface area contributed by atoms with Gasteiger partial charge in [0, 0.05) is 13.1 Å². The zero-order valence-corrected chi connectivity index (χ0v) is 10.6. The summed E-state index contributed by atoms with van der Waals surface area (Å²) in [6, 6.07) is 0.597. The summed E-state index contributed by atoms with van der Waals surface area (Å²) < 4.78 is 11.3. The zero-order chi connectivity index (χ0) is 12.3. The normalized spacial score (nSPS) is 25.2. The van der Waals surface area contributed by atoms with Gasteiger partial charge < -0.3 is 19.4 Å². The number of rotatable bonds is 4. The van der Waals surface area contributed by atoms with Crippen LogP contribution in [0.2, 0.25) is 0 Å². The van der Waals surface area contributed by atoms with E-state index in [-0.39, 0.29) is 12.2 Å². The van der Waals surface area contributed by atoms with Gasteiger partial charge in [0.2, 0.25) is 5.89 Å². The van der Waals surface area contributed by atoms with Crippen molar-refractivity contribution >= 4 is 6.01 Å². The molecule has 2 heterocycles. The fourth-order valence-electron chi connectivity index (χ4n) is 2.01. The summed E-state index contributed by atoms with van der Waals surface area (Å²) in [6.45, 7) is 9.27. The second kappa shape index (κ2) is 5.46. The van der Waals surface area contributed by atoms with Crippen LogP contribution in [0.15, 0.2) is 4.42 Å². The van der Waals surface area contributed by atoms with Crippen molar-refractivity contribution < 1.29 is 9.15 Å². The Hall–Kier alpha value is -1.14. The van der Waals surface area contributed by atoms with Gasteiger partial charge in [-0.15, -0.1) is 5.10 Å². The highest BCUT2D eigenvalue weighted by atomic mass is 16.5. The number of nitrogens with zero attached hydrogens (tertiary/aromatic N) is 3. The second-order valence-corrected chi connectivity index (χ2v) is 4.42. The standard InChI is InChI=1S/C11H20N4O2/c1-4-12-5-10-13-14-11(17-10)15-6-8(2)16-9(3)7-15/h8-9,12H,4-7H2,1-3H3/t8-,9+. The molecule has 2 rings (SSSR count). The maximum atomic E-state index is 5.67. The first-order valence-electron chi connectivity index (χ1n) is 6.12. The van der Waals surface area contributed by atoms with Crippen molar-refractivity contribution in [2.75, 3.05) is 24.5 Å². The predicted octanol–water partition coefficient (Wildman–Crippen LogP) is 0.793. The maximum Gasteiger partial charge on any atom is 0.318 e. The summed E-state index contributed by atoms with van der Waals surface area (Å²) in [6.07, 6.45) is 0.394. The highest BCUT2D eigenvalue weighted by molar-refractivity contribution is 5.25. The van der Waals surface area contributed by atoms with Crippen LogP contribution in [0.5, 0.6) is 0 Å². The minimum absolute atomic E-state index is 0.197. The average Bonchev–Trinajstić information content (AvgIpc) is 2.73. The molecule has 0 radical (unpaired) electrons. The van der Waals surface area contributed by atoms with Gasteiger partial charge in [0.1, 0.15) is 0 Å². The Morgan fingerprint density at radius 3 is 2.65 bits per heavy atom. The molecule has 0 aromatic carbocycles. The Morgan fingerprint density at radius 2 is 2.00 bits per heavy atom. The fourth-order valence-corrected chi connectivity index (χ4v) is 2.01. The summed E-state index contributed by atoms with van der Waals surface area (Å²) in [5.74, 6) is 0.633. The van der Waals surface area contributed by atoms with Crippen LogP contribution in [-0.4, -0.2) is 42.0 Å². The van der Waals surface area contributed by atoms with E-state index in [1.807, 2.05) is 6.92 Å². The Balaban J connectivity index is 1.98. The third-order valence-electron chi connectivity index (χ3n) is 2.67. The molecular formula is C11H20N4O2. The summed E-state index contributed by atoms with van der Waals surface area (Å²) in [7, 11) is 0. The van der Waals surface area contributed by atoms with Crippen molar-refractivity contribution in [1.82, 2.24) is 15.5 Å². The number of morpholine rings is 1. The van der Waals surface area contributed by atoms with Gasteiger partial charge in [-0.05, 0) is 20.4 Å². The Labute approximate surface area is 101 Å². The third-order valence-corrected chi connectivity index (χ3v) is 2.67. The van der Waals surface area contributed by atoms with Crippen LogP contribution >= 0.6 is 0 Å². The van der Waals surface area contributed by atoms with E-state index in [9.17, 15) is 0 Å². The van der Waals surface area contributed by atoms with Crippen molar-refractivity contribution in [2.24, 2.45) is 0 Å². The van der Waals surface area contributed by atoms with E-state index >= 15 is 0 Å². The molecule has 0 spiro atoms. The summed E-state index contributed by atoms with van der Waals surface area (Å²) in [4.78, 5) is 2.08. The van der Waals surface area contributed by atoms with Crippen LogP contribution in [0, 0.1) is 0 Å². The van der Waals surface area contributed by atoms with E-state index in [0.717, 1.165) is 19.6 Å². The summed E-state index contributed by atoms with van der Waals surface area (Å²) >= 11 is 0. The molecular weight excluding hydrogens is 220 g/mol. The molecule has 1 N–H and O–H groups in total. The van der Waals surface area contributed by atoms with Crippen molar-refractivity contribution in [1.29, 1.82) is 0 Å². The van der Waals surface area contributed by atoms with Gasteiger partial charge in [-0.1, -0.05) is 12.0 Å². The molecule has 1 fully saturated rings. The fraction of sp³-hybridized carbons (Fsp3) is 0.818. The van der Waals surface area contributed by atoms with Crippen molar-refractivity contribution in [3.63, 3.8) is 0 Å². The first kappa shape index (κ1) is 12.3. The van der Waals surface area contributed by atoms with E-state index in [2.05, 4.69) is 34.3 Å². The van der Waals surface area contributed by atoms with E-state index < -0.39 is 0 Å². The van der Waals surface area contributed by atoms with Gasteiger partial charge >= 0.3 is 6.01 Å². The molecule has 1 aromatic heterocycles. The lowest BCUT2D eigenvalue weighted by atomic mass is 10.2. The average molecular weight is 240 g/mol. The lowest BCUT2D eigenvalue weighted by molar-refractivity contribution is -0.00676. The van der Waals surface area contributed by atoms with Crippen LogP contribution in [0.1, 0.15) is 26.7 Å². The van der Waals surface area contributed by atoms with Crippen LogP contribution in [-0.2, 0) is 11.3 Å². The van der Waals surface area contributed by atoms with E-state index in [0.29, 0.717) is 18.5 Å². The maximum absolute atomic E-state index is 5.67. The van der Waals surface area contributed by atoms with E-state index in [1.54, 1.807) is 0 Å². The van der Waals surface area contributed by atoms with Crippen molar-refractivity contribution in [3.05, 3.63) is 5.89 Å². The van der Waals surface area contributed by atoms with Crippen LogP contribution in [0.25, 0.3) is 0 Å². The molecule has 0 aliphatic carbocycles. The number of hydrogen-bond donors (Lipinski definition) is 1.